The van der Waals surface area contributed by atoms with Crippen LogP contribution in [0.15, 0.2) is 54.7 Å². The number of nitrogens with one attached hydrogen (secondary N) is 1. The van der Waals surface area contributed by atoms with Crippen molar-refractivity contribution in [3.63, 3.8) is 0 Å². The predicted molar refractivity (Wildman–Crippen MR) is 126 cm³/mol. The zero-order valence-corrected chi connectivity index (χ0v) is 19.1. The SMILES string of the molecule is COC(=O)c1ccc(-n2c(C)cc(C3C(c4ccccn4)NC(=S)N3CCO)c2C)cc1. The second-order valence-electron chi connectivity index (χ2n) is 7.74. The lowest BCUT2D eigenvalue weighted by atomic mass is 9.97. The van der Waals surface area contributed by atoms with Gasteiger partial charge in [-0.2, -0.15) is 0 Å². The molecule has 0 radical (unpaired) electrons. The Bertz CT molecular complexity index is 1130. The molecule has 3 heterocycles. The van der Waals surface area contributed by atoms with E-state index in [1.165, 1.54) is 7.11 Å². The second kappa shape index (κ2) is 9.10. The minimum atomic E-state index is -0.360. The first kappa shape index (κ1) is 22.0. The lowest BCUT2D eigenvalue weighted by Gasteiger charge is -2.27. The van der Waals surface area contributed by atoms with Crippen LogP contribution in [0.1, 0.15) is 45.1 Å². The highest BCUT2D eigenvalue weighted by molar-refractivity contribution is 7.80. The molecule has 0 spiro atoms. The first-order valence-electron chi connectivity index (χ1n) is 10.4. The van der Waals surface area contributed by atoms with Gasteiger partial charge in [0.05, 0.1) is 37.1 Å². The van der Waals surface area contributed by atoms with Gasteiger partial charge in [-0.1, -0.05) is 6.07 Å². The van der Waals surface area contributed by atoms with E-state index in [4.69, 9.17) is 17.0 Å². The topological polar surface area (TPSA) is 79.6 Å². The number of methoxy groups -OCH3 is 1. The lowest BCUT2D eigenvalue weighted by Crippen LogP contribution is -2.32. The van der Waals surface area contributed by atoms with E-state index in [0.717, 1.165) is 28.3 Å². The number of rotatable bonds is 6. The molecule has 32 heavy (non-hydrogen) atoms. The molecule has 3 aromatic rings. The molecule has 8 heteroatoms. The van der Waals surface area contributed by atoms with Gasteiger partial charge in [0.2, 0.25) is 0 Å². The van der Waals surface area contributed by atoms with Crippen molar-refractivity contribution in [2.75, 3.05) is 20.3 Å². The third-order valence-electron chi connectivity index (χ3n) is 5.87. The molecule has 1 saturated heterocycles. The average molecular weight is 451 g/mol. The molecule has 1 aromatic carbocycles. The predicted octanol–water partition coefficient (Wildman–Crippen LogP) is 3.24. The fourth-order valence-corrected chi connectivity index (χ4v) is 4.77. The standard InChI is InChI=1S/C24H26N4O3S/c1-15-14-19(16(2)28(15)18-9-7-17(8-10-18)23(30)31-3)22-21(20-6-4-5-11-25-20)26-24(32)27(22)12-13-29/h4-11,14,21-22,29H,12-13H2,1-3H3,(H,26,32). The summed E-state index contributed by atoms with van der Waals surface area (Å²) in [5.41, 5.74) is 5.59. The molecule has 4 rings (SSSR count). The Hall–Kier alpha value is -3.23. The number of esters is 1. The number of ether oxygens (including phenoxy) is 1. The van der Waals surface area contributed by atoms with Crippen LogP contribution >= 0.6 is 12.2 Å². The van der Waals surface area contributed by atoms with Gasteiger partial charge in [0.1, 0.15) is 0 Å². The molecular weight excluding hydrogens is 424 g/mol. The Labute approximate surface area is 192 Å². The number of thiocarbonyl (C=S) groups is 1. The van der Waals surface area contributed by atoms with Crippen LogP contribution in [0.3, 0.4) is 0 Å². The number of aryl methyl sites for hydroxylation is 1. The van der Waals surface area contributed by atoms with Crippen LogP contribution in [0.25, 0.3) is 5.69 Å². The molecule has 0 amide bonds. The zero-order chi connectivity index (χ0) is 22.8. The molecular formula is C24H26N4O3S. The largest absolute Gasteiger partial charge is 0.465 e. The number of pyridine rings is 1. The van der Waals surface area contributed by atoms with E-state index in [0.29, 0.717) is 17.2 Å². The van der Waals surface area contributed by atoms with Gasteiger partial charge in [0.25, 0.3) is 0 Å². The summed E-state index contributed by atoms with van der Waals surface area (Å²) in [4.78, 5) is 18.4. The van der Waals surface area contributed by atoms with Gasteiger partial charge in [-0.25, -0.2) is 4.79 Å². The van der Waals surface area contributed by atoms with E-state index < -0.39 is 0 Å². The fraction of sp³-hybridized carbons (Fsp3) is 0.292. The van der Waals surface area contributed by atoms with Crippen molar-refractivity contribution in [3.8, 4) is 5.69 Å². The summed E-state index contributed by atoms with van der Waals surface area (Å²) >= 11 is 5.61. The summed E-state index contributed by atoms with van der Waals surface area (Å²) in [6, 6.07) is 15.1. The number of hydrogen-bond acceptors (Lipinski definition) is 5. The van der Waals surface area contributed by atoms with E-state index in [2.05, 4.69) is 34.8 Å². The van der Waals surface area contributed by atoms with Crippen LogP contribution in [0, 0.1) is 13.8 Å². The number of aliphatic hydroxyl groups excluding tert-OH is 1. The van der Waals surface area contributed by atoms with Crippen LogP contribution in [0.2, 0.25) is 0 Å². The lowest BCUT2D eigenvalue weighted by molar-refractivity contribution is 0.0600. The van der Waals surface area contributed by atoms with Gasteiger partial charge in [-0.15, -0.1) is 0 Å². The Kier molecular flexibility index (Phi) is 6.25. The van der Waals surface area contributed by atoms with Gasteiger partial charge in [0.15, 0.2) is 5.11 Å². The second-order valence-corrected chi connectivity index (χ2v) is 8.13. The van der Waals surface area contributed by atoms with E-state index in [1.807, 2.05) is 35.2 Å². The molecule has 2 atom stereocenters. The van der Waals surface area contributed by atoms with Crippen LogP contribution in [0.5, 0.6) is 0 Å². The third kappa shape index (κ3) is 3.87. The molecule has 2 unspecified atom stereocenters. The van der Waals surface area contributed by atoms with Crippen molar-refractivity contribution >= 4 is 23.3 Å². The smallest absolute Gasteiger partial charge is 0.337 e. The van der Waals surface area contributed by atoms with Gasteiger partial charge in [-0.3, -0.25) is 4.98 Å². The molecule has 1 fully saturated rings. The molecule has 2 N–H and O–H groups in total. The molecule has 7 nitrogen and oxygen atoms in total. The summed E-state index contributed by atoms with van der Waals surface area (Å²) in [5.74, 6) is -0.360. The van der Waals surface area contributed by atoms with Gasteiger partial charge in [-0.05, 0) is 74.1 Å². The average Bonchev–Trinajstić information content (AvgIpc) is 3.29. The van der Waals surface area contributed by atoms with Crippen molar-refractivity contribution < 1.29 is 14.6 Å². The van der Waals surface area contributed by atoms with E-state index in [-0.39, 0.29) is 24.7 Å². The van der Waals surface area contributed by atoms with Crippen molar-refractivity contribution in [1.82, 2.24) is 19.8 Å². The number of carbonyl (C=O) groups is 1. The van der Waals surface area contributed by atoms with Crippen LogP contribution < -0.4 is 5.32 Å². The Morgan fingerprint density at radius 2 is 1.97 bits per heavy atom. The highest BCUT2D eigenvalue weighted by atomic mass is 32.1. The number of benzene rings is 1. The molecule has 1 aliphatic rings. The number of aliphatic hydroxyl groups is 1. The van der Waals surface area contributed by atoms with Gasteiger partial charge in [0, 0.05) is 29.8 Å². The first-order chi connectivity index (χ1) is 15.5. The van der Waals surface area contributed by atoms with Gasteiger partial charge < -0.3 is 24.6 Å². The van der Waals surface area contributed by atoms with E-state index in [9.17, 15) is 9.90 Å². The van der Waals surface area contributed by atoms with Crippen LogP contribution in [-0.2, 0) is 4.74 Å². The Morgan fingerprint density at radius 3 is 2.59 bits per heavy atom. The summed E-state index contributed by atoms with van der Waals surface area (Å²) < 4.78 is 6.96. The Balaban J connectivity index is 1.78. The Morgan fingerprint density at radius 1 is 1.22 bits per heavy atom. The molecule has 0 saturated carbocycles. The minimum Gasteiger partial charge on any atom is -0.465 e. The summed E-state index contributed by atoms with van der Waals surface area (Å²) in [6.07, 6.45) is 1.78. The zero-order valence-electron chi connectivity index (χ0n) is 18.3. The van der Waals surface area contributed by atoms with E-state index in [1.54, 1.807) is 18.3 Å². The number of nitrogens with zero attached hydrogens (tertiary/aromatic N) is 3. The molecule has 0 aliphatic carbocycles. The number of β-amino-alcohol motifs (C(OH)–C–C–N with tert-alkyl or cyclic N) is 1. The molecule has 0 bridgehead atoms. The maximum Gasteiger partial charge on any atom is 0.337 e. The molecule has 1 aliphatic heterocycles. The summed E-state index contributed by atoms with van der Waals surface area (Å²) in [5, 5.41) is 13.7. The molecule has 166 valence electrons. The molecule has 2 aromatic heterocycles. The number of carbonyl (C=O) groups excluding carboxylic acids is 1. The normalized spacial score (nSPS) is 18.0. The van der Waals surface area contributed by atoms with Gasteiger partial charge >= 0.3 is 5.97 Å². The van der Waals surface area contributed by atoms with Crippen molar-refractivity contribution in [3.05, 3.63) is 82.9 Å². The quantitative estimate of drug-likeness (QED) is 0.441. The van der Waals surface area contributed by atoms with E-state index >= 15 is 0 Å². The third-order valence-corrected chi connectivity index (χ3v) is 6.23. The van der Waals surface area contributed by atoms with Crippen LogP contribution in [0.4, 0.5) is 0 Å². The van der Waals surface area contributed by atoms with Crippen molar-refractivity contribution in [2.45, 2.75) is 25.9 Å². The number of hydrogen-bond donors (Lipinski definition) is 2. The summed E-state index contributed by atoms with van der Waals surface area (Å²) in [7, 11) is 1.37. The van der Waals surface area contributed by atoms with Crippen molar-refractivity contribution in [1.29, 1.82) is 0 Å². The maximum atomic E-state index is 11.8. The highest BCUT2D eigenvalue weighted by Gasteiger charge is 2.41. The monoisotopic (exact) mass is 450 g/mol. The fourth-order valence-electron chi connectivity index (χ4n) is 4.44. The first-order valence-corrected chi connectivity index (χ1v) is 10.8. The van der Waals surface area contributed by atoms with Crippen molar-refractivity contribution in [2.24, 2.45) is 0 Å². The number of aromatic nitrogens is 2. The highest BCUT2D eigenvalue weighted by Crippen LogP contribution is 2.41. The summed E-state index contributed by atoms with van der Waals surface area (Å²) in [6.45, 7) is 4.56. The van der Waals surface area contributed by atoms with Crippen LogP contribution in [-0.4, -0.2) is 50.9 Å². The minimum absolute atomic E-state index is 0.000979. The maximum absolute atomic E-state index is 11.8.